The van der Waals surface area contributed by atoms with Gasteiger partial charge in [0.15, 0.2) is 5.41 Å². The molecule has 0 N–H and O–H groups in total. The van der Waals surface area contributed by atoms with Gasteiger partial charge in [-0.1, -0.05) is 19.1 Å². The molecule has 0 aromatic rings. The minimum atomic E-state index is -1.02. The molecule has 0 saturated heterocycles. The van der Waals surface area contributed by atoms with E-state index in [0.29, 0.717) is 0 Å². The van der Waals surface area contributed by atoms with Crippen molar-refractivity contribution < 1.29 is 0 Å². The van der Waals surface area contributed by atoms with Crippen LogP contribution < -0.4 is 0 Å². The zero-order valence-electron chi connectivity index (χ0n) is 7.29. The first-order valence-electron chi connectivity index (χ1n) is 4.25. The van der Waals surface area contributed by atoms with Crippen molar-refractivity contribution in [3.05, 3.63) is 12.2 Å². The number of nitrogens with zero attached hydrogens (tertiary/aromatic N) is 2. The van der Waals surface area contributed by atoms with Gasteiger partial charge in [0.2, 0.25) is 0 Å². The van der Waals surface area contributed by atoms with E-state index in [1.54, 1.807) is 0 Å². The van der Waals surface area contributed by atoms with E-state index in [4.69, 9.17) is 22.1 Å². The van der Waals surface area contributed by atoms with Crippen molar-refractivity contribution in [2.24, 2.45) is 16.7 Å². The van der Waals surface area contributed by atoms with E-state index >= 15 is 0 Å². The predicted molar refractivity (Wildman–Crippen MR) is 48.7 cm³/mol. The van der Waals surface area contributed by atoms with Gasteiger partial charge in [-0.25, -0.2) is 0 Å². The van der Waals surface area contributed by atoms with E-state index in [1.807, 2.05) is 19.1 Å². The number of hydrogen-bond donors (Lipinski definition) is 0. The average molecular weight is 193 g/mol. The van der Waals surface area contributed by atoms with Crippen molar-refractivity contribution in [2.75, 3.05) is 0 Å². The van der Waals surface area contributed by atoms with Crippen LogP contribution in [0.1, 0.15) is 13.3 Å². The minimum absolute atomic E-state index is 0.200. The molecule has 3 atom stereocenters. The van der Waals surface area contributed by atoms with Gasteiger partial charge in [-0.15, -0.1) is 11.6 Å². The first-order valence-corrected chi connectivity index (χ1v) is 4.69. The molecule has 3 unspecified atom stereocenters. The fourth-order valence-electron chi connectivity index (χ4n) is 2.50. The smallest absolute Gasteiger partial charge is 0.169 e. The van der Waals surface area contributed by atoms with Crippen molar-refractivity contribution in [2.45, 2.75) is 18.7 Å². The monoisotopic (exact) mass is 192 g/mol. The Balaban J connectivity index is 2.59. The van der Waals surface area contributed by atoms with E-state index in [0.717, 1.165) is 6.42 Å². The van der Waals surface area contributed by atoms with Crippen LogP contribution in [0.2, 0.25) is 0 Å². The Bertz CT molecular complexity index is 346. The molecule has 0 radical (unpaired) electrons. The zero-order chi connectivity index (χ0) is 9.69. The molecule has 0 aromatic heterocycles. The van der Waals surface area contributed by atoms with Gasteiger partial charge >= 0.3 is 0 Å². The number of allylic oxidation sites excluding steroid dienone is 2. The van der Waals surface area contributed by atoms with Crippen LogP contribution >= 0.6 is 11.6 Å². The first-order chi connectivity index (χ1) is 6.09. The Labute approximate surface area is 82.4 Å². The van der Waals surface area contributed by atoms with E-state index in [-0.39, 0.29) is 16.7 Å². The van der Waals surface area contributed by atoms with Crippen molar-refractivity contribution in [1.82, 2.24) is 0 Å². The van der Waals surface area contributed by atoms with Crippen LogP contribution in [0.3, 0.4) is 0 Å². The van der Waals surface area contributed by atoms with Crippen molar-refractivity contribution in [1.29, 1.82) is 10.5 Å². The number of halogens is 1. The van der Waals surface area contributed by atoms with Crippen LogP contribution in [0.25, 0.3) is 0 Å². The number of fused-ring (bicyclic) bond motifs is 2. The molecule has 2 aliphatic rings. The van der Waals surface area contributed by atoms with E-state index < -0.39 is 5.41 Å². The maximum Gasteiger partial charge on any atom is 0.169 e. The lowest BCUT2D eigenvalue weighted by Gasteiger charge is -2.32. The molecule has 0 amide bonds. The Morgan fingerprint density at radius 3 is 2.38 bits per heavy atom. The van der Waals surface area contributed by atoms with Gasteiger partial charge in [0.1, 0.15) is 0 Å². The molecule has 1 saturated carbocycles. The number of rotatable bonds is 0. The van der Waals surface area contributed by atoms with Crippen LogP contribution in [0, 0.1) is 39.4 Å². The predicted octanol–water partition coefficient (Wildman–Crippen LogP) is 2.22. The number of hydrogen-bond acceptors (Lipinski definition) is 2. The summed E-state index contributed by atoms with van der Waals surface area (Å²) in [5, 5.41) is 17.8. The summed E-state index contributed by atoms with van der Waals surface area (Å²) in [7, 11) is 0. The fourth-order valence-corrected chi connectivity index (χ4v) is 3.01. The van der Waals surface area contributed by atoms with Crippen LogP contribution in [0.4, 0.5) is 0 Å². The summed E-state index contributed by atoms with van der Waals surface area (Å²) < 4.78 is 0. The molecule has 66 valence electrons. The lowest BCUT2D eigenvalue weighted by molar-refractivity contribution is 0.295. The second-order valence-corrected chi connectivity index (χ2v) is 4.55. The molecule has 0 aromatic carbocycles. The lowest BCUT2D eigenvalue weighted by Crippen LogP contribution is -2.38. The van der Waals surface area contributed by atoms with Crippen LogP contribution in [-0.4, -0.2) is 5.38 Å². The Morgan fingerprint density at radius 2 is 2.08 bits per heavy atom. The summed E-state index contributed by atoms with van der Waals surface area (Å²) in [6.45, 7) is 1.94. The first kappa shape index (κ1) is 8.60. The molecular formula is C10H9ClN2. The molecule has 1 fully saturated rings. The highest BCUT2D eigenvalue weighted by Crippen LogP contribution is 2.61. The van der Waals surface area contributed by atoms with Crippen molar-refractivity contribution >= 4 is 11.6 Å². The molecule has 0 heterocycles. The summed E-state index contributed by atoms with van der Waals surface area (Å²) in [6, 6.07) is 4.21. The fraction of sp³-hybridized carbons (Fsp3) is 0.600. The van der Waals surface area contributed by atoms with Gasteiger partial charge in [-0.3, -0.25) is 0 Å². The molecule has 2 nitrogen and oxygen atoms in total. The second kappa shape index (κ2) is 2.28. The van der Waals surface area contributed by atoms with Gasteiger partial charge in [-0.05, 0) is 12.3 Å². The summed E-state index contributed by atoms with van der Waals surface area (Å²) in [5.74, 6) is 0.200. The maximum atomic E-state index is 9.08. The Morgan fingerprint density at radius 1 is 1.46 bits per heavy atom. The van der Waals surface area contributed by atoms with E-state index in [9.17, 15) is 0 Å². The van der Waals surface area contributed by atoms with Crippen molar-refractivity contribution in [3.63, 3.8) is 0 Å². The molecule has 0 aliphatic heterocycles. The normalized spacial score (nSPS) is 44.3. The second-order valence-electron chi connectivity index (χ2n) is 4.08. The van der Waals surface area contributed by atoms with Gasteiger partial charge < -0.3 is 0 Å². The van der Waals surface area contributed by atoms with Gasteiger partial charge in [-0.2, -0.15) is 10.5 Å². The average Bonchev–Trinajstić information content (AvgIpc) is 2.59. The number of alkyl halides is 1. The summed E-state index contributed by atoms with van der Waals surface area (Å²) in [5.41, 5.74) is -1.36. The van der Waals surface area contributed by atoms with Crippen molar-refractivity contribution in [3.8, 4) is 12.1 Å². The van der Waals surface area contributed by atoms with Gasteiger partial charge in [0.25, 0.3) is 0 Å². The Kier molecular flexibility index (Phi) is 1.51. The SMILES string of the molecule is CC12C=CC(C1)C(Cl)C2(C#N)C#N. The summed E-state index contributed by atoms with van der Waals surface area (Å²) in [6.07, 6.45) is 4.84. The highest BCUT2D eigenvalue weighted by molar-refractivity contribution is 6.22. The standard InChI is InChI=1S/C10H9ClN2/c1-9-3-2-7(4-9)8(11)10(9,5-12)6-13/h2-3,7-8H,4H2,1H3. The summed E-state index contributed by atoms with van der Waals surface area (Å²) >= 11 is 6.13. The Hall–Kier alpha value is -0.990. The molecule has 0 spiro atoms. The topological polar surface area (TPSA) is 47.6 Å². The third kappa shape index (κ3) is 0.729. The number of nitriles is 2. The summed E-state index contributed by atoms with van der Waals surface area (Å²) in [4.78, 5) is 0. The third-order valence-electron chi connectivity index (χ3n) is 3.41. The van der Waals surface area contributed by atoms with Crippen LogP contribution in [0.5, 0.6) is 0 Å². The molecule has 2 rings (SSSR count). The van der Waals surface area contributed by atoms with Gasteiger partial charge in [0, 0.05) is 5.41 Å². The molecule has 2 bridgehead atoms. The molecule has 2 aliphatic carbocycles. The highest BCUT2D eigenvalue weighted by atomic mass is 35.5. The largest absolute Gasteiger partial charge is 0.196 e. The van der Waals surface area contributed by atoms with E-state index in [1.165, 1.54) is 0 Å². The zero-order valence-corrected chi connectivity index (χ0v) is 8.04. The molecule has 13 heavy (non-hydrogen) atoms. The molecule has 3 heteroatoms. The van der Waals surface area contributed by atoms with Gasteiger partial charge in [0.05, 0.1) is 17.5 Å². The third-order valence-corrected chi connectivity index (χ3v) is 4.07. The van der Waals surface area contributed by atoms with Crippen LogP contribution in [-0.2, 0) is 0 Å². The maximum absolute atomic E-state index is 9.08. The van der Waals surface area contributed by atoms with E-state index in [2.05, 4.69) is 12.1 Å². The highest BCUT2D eigenvalue weighted by Gasteiger charge is 2.63. The lowest BCUT2D eigenvalue weighted by atomic mass is 9.68. The molecular weight excluding hydrogens is 184 g/mol. The van der Waals surface area contributed by atoms with Crippen LogP contribution in [0.15, 0.2) is 12.2 Å². The minimum Gasteiger partial charge on any atom is -0.196 e. The quantitative estimate of drug-likeness (QED) is 0.437.